The standard InChI is InChI=1S/C15H19NO4/c1-2-13-9-12(7-8-20-13)16-14(17)10-3-5-11(6-4-10)15(18)19/h3-6,12-13H,2,7-9H2,1H3,(H,16,17)(H,18,19)/t12-,13-/m1/s1. The van der Waals surface area contributed by atoms with Gasteiger partial charge in [-0.3, -0.25) is 4.79 Å². The van der Waals surface area contributed by atoms with Crippen LogP contribution < -0.4 is 5.32 Å². The number of amides is 1. The van der Waals surface area contributed by atoms with Crippen LogP contribution in [0.3, 0.4) is 0 Å². The minimum Gasteiger partial charge on any atom is -0.478 e. The maximum Gasteiger partial charge on any atom is 0.335 e. The highest BCUT2D eigenvalue weighted by Gasteiger charge is 2.23. The highest BCUT2D eigenvalue weighted by molar-refractivity contribution is 5.96. The number of benzene rings is 1. The summed E-state index contributed by atoms with van der Waals surface area (Å²) in [5, 5.41) is 11.8. The molecular formula is C15H19NO4. The first-order chi connectivity index (χ1) is 9.60. The van der Waals surface area contributed by atoms with Crippen molar-refractivity contribution in [2.75, 3.05) is 6.61 Å². The van der Waals surface area contributed by atoms with Crippen LogP contribution in [-0.4, -0.2) is 35.7 Å². The molecule has 0 radical (unpaired) electrons. The summed E-state index contributed by atoms with van der Waals surface area (Å²) in [6.45, 7) is 2.74. The molecule has 1 aliphatic heterocycles. The van der Waals surface area contributed by atoms with Crippen LogP contribution in [0.4, 0.5) is 0 Å². The molecule has 5 nitrogen and oxygen atoms in total. The van der Waals surface area contributed by atoms with Crippen molar-refractivity contribution in [3.63, 3.8) is 0 Å². The molecule has 108 valence electrons. The van der Waals surface area contributed by atoms with Gasteiger partial charge in [-0.1, -0.05) is 6.92 Å². The van der Waals surface area contributed by atoms with Gasteiger partial charge in [0.05, 0.1) is 11.7 Å². The first-order valence-electron chi connectivity index (χ1n) is 6.86. The average molecular weight is 277 g/mol. The van der Waals surface area contributed by atoms with Crippen molar-refractivity contribution < 1.29 is 19.4 Å². The van der Waals surface area contributed by atoms with Gasteiger partial charge < -0.3 is 15.2 Å². The summed E-state index contributed by atoms with van der Waals surface area (Å²) < 4.78 is 5.57. The Labute approximate surface area is 117 Å². The smallest absolute Gasteiger partial charge is 0.335 e. The molecule has 1 heterocycles. The molecule has 2 rings (SSSR count). The molecular weight excluding hydrogens is 258 g/mol. The first-order valence-corrected chi connectivity index (χ1v) is 6.86. The van der Waals surface area contributed by atoms with Crippen LogP contribution >= 0.6 is 0 Å². The van der Waals surface area contributed by atoms with E-state index in [4.69, 9.17) is 9.84 Å². The van der Waals surface area contributed by atoms with Gasteiger partial charge in [0.2, 0.25) is 0 Å². The minimum atomic E-state index is -0.993. The normalized spacial score (nSPS) is 22.2. The van der Waals surface area contributed by atoms with Gasteiger partial charge in [0, 0.05) is 18.2 Å². The monoisotopic (exact) mass is 277 g/mol. The second-order valence-corrected chi connectivity index (χ2v) is 4.98. The number of carboxylic acids is 1. The van der Waals surface area contributed by atoms with Gasteiger partial charge >= 0.3 is 5.97 Å². The van der Waals surface area contributed by atoms with Gasteiger partial charge in [0.1, 0.15) is 0 Å². The highest BCUT2D eigenvalue weighted by atomic mass is 16.5. The van der Waals surface area contributed by atoms with Crippen LogP contribution in [0.2, 0.25) is 0 Å². The molecule has 0 aliphatic carbocycles. The third-order valence-electron chi connectivity index (χ3n) is 3.55. The van der Waals surface area contributed by atoms with E-state index < -0.39 is 5.97 Å². The molecule has 1 aromatic carbocycles. The van der Waals surface area contributed by atoms with Crippen LogP contribution in [0.5, 0.6) is 0 Å². The van der Waals surface area contributed by atoms with Crippen molar-refractivity contribution in [1.82, 2.24) is 5.32 Å². The number of hydrogen-bond acceptors (Lipinski definition) is 3. The number of carbonyl (C=O) groups is 2. The summed E-state index contributed by atoms with van der Waals surface area (Å²) in [5.41, 5.74) is 0.660. The summed E-state index contributed by atoms with van der Waals surface area (Å²) in [6.07, 6.45) is 2.80. The van der Waals surface area contributed by atoms with Gasteiger partial charge in [-0.25, -0.2) is 4.79 Å². The number of carbonyl (C=O) groups excluding carboxylic acids is 1. The van der Waals surface area contributed by atoms with E-state index >= 15 is 0 Å². The molecule has 0 saturated carbocycles. The fraction of sp³-hybridized carbons (Fsp3) is 0.467. The zero-order valence-electron chi connectivity index (χ0n) is 11.5. The quantitative estimate of drug-likeness (QED) is 0.883. The van der Waals surface area contributed by atoms with E-state index in [-0.39, 0.29) is 23.6 Å². The van der Waals surface area contributed by atoms with Gasteiger partial charge in [0.15, 0.2) is 0 Å². The molecule has 1 fully saturated rings. The summed E-state index contributed by atoms with van der Waals surface area (Å²) in [4.78, 5) is 22.8. The zero-order chi connectivity index (χ0) is 14.5. The molecule has 1 saturated heterocycles. The lowest BCUT2D eigenvalue weighted by Crippen LogP contribution is -2.41. The van der Waals surface area contributed by atoms with Crippen LogP contribution in [-0.2, 0) is 4.74 Å². The topological polar surface area (TPSA) is 75.6 Å². The second-order valence-electron chi connectivity index (χ2n) is 4.98. The highest BCUT2D eigenvalue weighted by Crippen LogP contribution is 2.17. The number of hydrogen-bond donors (Lipinski definition) is 2. The summed E-state index contributed by atoms with van der Waals surface area (Å²) in [7, 11) is 0. The predicted octanol–water partition coefficient (Wildman–Crippen LogP) is 2.07. The summed E-state index contributed by atoms with van der Waals surface area (Å²) in [5.74, 6) is -1.16. The third kappa shape index (κ3) is 3.57. The van der Waals surface area contributed by atoms with Gasteiger partial charge in [0.25, 0.3) is 5.91 Å². The van der Waals surface area contributed by atoms with Crippen molar-refractivity contribution in [2.45, 2.75) is 38.3 Å². The molecule has 1 aromatic rings. The maximum atomic E-state index is 12.1. The number of carboxylic acid groups (broad SMARTS) is 1. The van der Waals surface area contributed by atoms with Crippen molar-refractivity contribution in [3.05, 3.63) is 35.4 Å². The number of aromatic carboxylic acids is 1. The van der Waals surface area contributed by atoms with Crippen LogP contribution in [0.15, 0.2) is 24.3 Å². The lowest BCUT2D eigenvalue weighted by Gasteiger charge is -2.29. The van der Waals surface area contributed by atoms with Crippen LogP contribution in [0.1, 0.15) is 46.9 Å². The predicted molar refractivity (Wildman–Crippen MR) is 73.9 cm³/mol. The van der Waals surface area contributed by atoms with E-state index in [0.717, 1.165) is 19.3 Å². The molecule has 5 heteroatoms. The Hall–Kier alpha value is -1.88. The Morgan fingerprint density at radius 3 is 2.55 bits per heavy atom. The van der Waals surface area contributed by atoms with Crippen molar-refractivity contribution >= 4 is 11.9 Å². The van der Waals surface area contributed by atoms with Crippen LogP contribution in [0.25, 0.3) is 0 Å². The summed E-state index contributed by atoms with van der Waals surface area (Å²) >= 11 is 0. The third-order valence-corrected chi connectivity index (χ3v) is 3.55. The zero-order valence-corrected chi connectivity index (χ0v) is 11.5. The van der Waals surface area contributed by atoms with E-state index in [1.165, 1.54) is 24.3 Å². The van der Waals surface area contributed by atoms with Crippen molar-refractivity contribution in [1.29, 1.82) is 0 Å². The van der Waals surface area contributed by atoms with E-state index in [1.54, 1.807) is 0 Å². The molecule has 20 heavy (non-hydrogen) atoms. The first kappa shape index (κ1) is 14.5. The molecule has 0 aromatic heterocycles. The molecule has 1 aliphatic rings. The van der Waals surface area contributed by atoms with Crippen LogP contribution in [0, 0.1) is 0 Å². The molecule has 2 N–H and O–H groups in total. The van der Waals surface area contributed by atoms with E-state index in [0.29, 0.717) is 12.2 Å². The molecule has 0 bridgehead atoms. The van der Waals surface area contributed by atoms with Gasteiger partial charge in [-0.2, -0.15) is 0 Å². The summed E-state index contributed by atoms with van der Waals surface area (Å²) in [6, 6.07) is 6.08. The minimum absolute atomic E-state index is 0.125. The Balaban J connectivity index is 1.95. The lowest BCUT2D eigenvalue weighted by molar-refractivity contribution is 0.000618. The Morgan fingerprint density at radius 2 is 1.95 bits per heavy atom. The fourth-order valence-electron chi connectivity index (χ4n) is 2.33. The lowest BCUT2D eigenvalue weighted by atomic mass is 10.0. The maximum absolute atomic E-state index is 12.1. The fourth-order valence-corrected chi connectivity index (χ4v) is 2.33. The molecule has 0 spiro atoms. The Kier molecular flexibility index (Phi) is 4.74. The number of nitrogens with one attached hydrogen (secondary N) is 1. The largest absolute Gasteiger partial charge is 0.478 e. The second kappa shape index (κ2) is 6.52. The SMILES string of the molecule is CC[C@@H]1C[C@H](NC(=O)c2ccc(C(=O)O)cc2)CCO1. The van der Waals surface area contributed by atoms with Crippen molar-refractivity contribution in [3.8, 4) is 0 Å². The van der Waals surface area contributed by atoms with E-state index in [1.807, 2.05) is 0 Å². The number of ether oxygens (including phenoxy) is 1. The molecule has 2 atom stereocenters. The number of rotatable bonds is 4. The van der Waals surface area contributed by atoms with Crippen molar-refractivity contribution in [2.24, 2.45) is 0 Å². The van der Waals surface area contributed by atoms with E-state index in [9.17, 15) is 9.59 Å². The molecule has 1 amide bonds. The van der Waals surface area contributed by atoms with Gasteiger partial charge in [-0.15, -0.1) is 0 Å². The Morgan fingerprint density at radius 1 is 1.30 bits per heavy atom. The van der Waals surface area contributed by atoms with Gasteiger partial charge in [-0.05, 0) is 43.5 Å². The van der Waals surface area contributed by atoms with E-state index in [2.05, 4.69) is 12.2 Å². The average Bonchev–Trinajstić information content (AvgIpc) is 2.47. The Bertz CT molecular complexity index is 483. The molecule has 0 unspecified atom stereocenters.